The van der Waals surface area contributed by atoms with E-state index in [1.165, 1.54) is 43.4 Å². The van der Waals surface area contributed by atoms with Gasteiger partial charge < -0.3 is 25.3 Å². The standard InChI is InChI=1S/C34H45F2N7/c1-41-17-10-28(40-24-7-3-2-4-8-24)26(21-41)33(37)42-16-5-6-23-18-30(25(32(35)36)19-29(23)42)43-22-34(11-14-38-15-12-34)27-9-13-39-20-31(27)43/h9,13,18-20,24,32,37-38,40H,2-8,10-12,14-17,21-22H2,1H3. The second-order valence-corrected chi connectivity index (χ2v) is 13.4. The van der Waals surface area contributed by atoms with Crippen molar-refractivity contribution in [2.45, 2.75) is 82.1 Å². The Bertz CT molecular complexity index is 1390. The molecule has 43 heavy (non-hydrogen) atoms. The summed E-state index contributed by atoms with van der Waals surface area (Å²) < 4.78 is 29.9. The van der Waals surface area contributed by atoms with E-state index in [2.05, 4.69) is 38.5 Å². The number of hydrogen-bond donors (Lipinski definition) is 3. The number of anilines is 3. The Kier molecular flexibility index (Phi) is 7.88. The van der Waals surface area contributed by atoms with E-state index in [4.69, 9.17) is 0 Å². The molecular weight excluding hydrogens is 544 g/mol. The maximum absolute atomic E-state index is 15.0. The lowest BCUT2D eigenvalue weighted by Gasteiger charge is -2.38. The van der Waals surface area contributed by atoms with Crippen LogP contribution in [0, 0.1) is 5.41 Å². The third kappa shape index (κ3) is 5.33. The van der Waals surface area contributed by atoms with Gasteiger partial charge in [0.15, 0.2) is 0 Å². The number of benzene rings is 1. The number of nitrogens with one attached hydrogen (secondary N) is 3. The van der Waals surface area contributed by atoms with Gasteiger partial charge >= 0.3 is 0 Å². The number of pyridine rings is 1. The van der Waals surface area contributed by atoms with Gasteiger partial charge in [0.25, 0.3) is 6.43 Å². The summed E-state index contributed by atoms with van der Waals surface area (Å²) in [5.74, 6) is 0.461. The highest BCUT2D eigenvalue weighted by Crippen LogP contribution is 2.51. The maximum Gasteiger partial charge on any atom is 0.265 e. The number of likely N-dealkylation sites (N-methyl/N-ethyl adjacent to an activating group) is 1. The number of halogens is 2. The molecule has 5 aliphatic rings. The van der Waals surface area contributed by atoms with Crippen molar-refractivity contribution in [3.8, 4) is 0 Å². The van der Waals surface area contributed by atoms with Crippen LogP contribution in [-0.2, 0) is 11.8 Å². The van der Waals surface area contributed by atoms with Gasteiger partial charge in [-0.15, -0.1) is 0 Å². The molecule has 3 N–H and O–H groups in total. The molecular formula is C34H45F2N7. The van der Waals surface area contributed by atoms with Crippen molar-refractivity contribution in [1.82, 2.24) is 20.5 Å². The van der Waals surface area contributed by atoms with Crippen LogP contribution in [0.4, 0.5) is 25.8 Å². The largest absolute Gasteiger partial charge is 0.385 e. The molecule has 2 fully saturated rings. The third-order valence-electron chi connectivity index (χ3n) is 10.6. The summed E-state index contributed by atoms with van der Waals surface area (Å²) in [5, 5.41) is 16.8. The molecule has 1 saturated heterocycles. The van der Waals surface area contributed by atoms with Crippen molar-refractivity contribution < 1.29 is 8.78 Å². The summed E-state index contributed by atoms with van der Waals surface area (Å²) in [7, 11) is 2.11. The molecule has 0 bridgehead atoms. The van der Waals surface area contributed by atoms with Crippen LogP contribution in [0.5, 0.6) is 0 Å². The van der Waals surface area contributed by atoms with E-state index in [0.717, 1.165) is 74.2 Å². The van der Waals surface area contributed by atoms with Crippen molar-refractivity contribution in [1.29, 1.82) is 5.41 Å². The molecule has 7 nitrogen and oxygen atoms in total. The van der Waals surface area contributed by atoms with E-state index in [1.54, 1.807) is 6.07 Å². The fourth-order valence-electron chi connectivity index (χ4n) is 8.28. The molecule has 7 rings (SSSR count). The molecule has 1 spiro atoms. The number of rotatable bonds is 5. The van der Waals surface area contributed by atoms with Crippen LogP contribution in [0.2, 0.25) is 0 Å². The van der Waals surface area contributed by atoms with Crippen LogP contribution >= 0.6 is 0 Å². The van der Waals surface area contributed by atoms with Crippen molar-refractivity contribution >= 4 is 22.9 Å². The summed E-state index contributed by atoms with van der Waals surface area (Å²) in [6.45, 7) is 4.90. The highest BCUT2D eigenvalue weighted by atomic mass is 19.3. The van der Waals surface area contributed by atoms with Crippen LogP contribution in [-0.4, -0.2) is 68.1 Å². The molecule has 2 aromatic rings. The number of hydrogen-bond acceptors (Lipinski definition) is 6. The molecule has 1 aromatic carbocycles. The lowest BCUT2D eigenvalue weighted by atomic mass is 9.75. The van der Waals surface area contributed by atoms with Gasteiger partial charge in [-0.1, -0.05) is 19.3 Å². The summed E-state index contributed by atoms with van der Waals surface area (Å²) in [4.78, 5) is 10.8. The summed E-state index contributed by atoms with van der Waals surface area (Å²) in [6.07, 6.45) is 11.8. The first-order chi connectivity index (χ1) is 20.9. The molecule has 0 amide bonds. The van der Waals surface area contributed by atoms with Crippen molar-refractivity contribution in [2.75, 3.05) is 56.1 Å². The zero-order chi connectivity index (χ0) is 29.6. The van der Waals surface area contributed by atoms with E-state index in [0.29, 0.717) is 37.2 Å². The number of nitrogens with zero attached hydrogens (tertiary/aromatic N) is 4. The first kappa shape index (κ1) is 28.7. The number of aromatic nitrogens is 1. The minimum atomic E-state index is -2.62. The molecule has 4 aliphatic heterocycles. The van der Waals surface area contributed by atoms with E-state index >= 15 is 0 Å². The number of alkyl halides is 2. The zero-order valence-corrected chi connectivity index (χ0v) is 25.4. The zero-order valence-electron chi connectivity index (χ0n) is 25.4. The Morgan fingerprint density at radius 3 is 2.65 bits per heavy atom. The van der Waals surface area contributed by atoms with Gasteiger partial charge in [0.2, 0.25) is 0 Å². The van der Waals surface area contributed by atoms with Crippen molar-refractivity contribution in [3.05, 3.63) is 58.6 Å². The first-order valence-corrected chi connectivity index (χ1v) is 16.3. The Morgan fingerprint density at radius 1 is 1.05 bits per heavy atom. The van der Waals surface area contributed by atoms with Crippen LogP contribution in [0.3, 0.4) is 0 Å². The third-order valence-corrected chi connectivity index (χ3v) is 10.6. The second kappa shape index (κ2) is 11.8. The van der Waals surface area contributed by atoms with Gasteiger partial charge in [0.1, 0.15) is 5.84 Å². The SMILES string of the molecule is CN1CCC(NC2CCCCC2)=C(C(=N)N2CCCc3cc(N4CC5(CCNCC5)c5ccncc54)c(C(F)F)cc32)C1. The number of aryl methyl sites for hydroxylation is 1. The Hall–Kier alpha value is -3.04. The molecule has 1 saturated carbocycles. The van der Waals surface area contributed by atoms with Gasteiger partial charge in [-0.25, -0.2) is 8.78 Å². The average Bonchev–Trinajstić information content (AvgIpc) is 3.34. The van der Waals surface area contributed by atoms with Crippen molar-refractivity contribution in [2.24, 2.45) is 0 Å². The highest BCUT2D eigenvalue weighted by Gasteiger charge is 2.45. The van der Waals surface area contributed by atoms with Gasteiger partial charge in [0.05, 0.1) is 17.6 Å². The number of fused-ring (bicyclic) bond motifs is 3. The summed E-state index contributed by atoms with van der Waals surface area (Å²) >= 11 is 0. The molecule has 0 unspecified atom stereocenters. The predicted molar refractivity (Wildman–Crippen MR) is 169 cm³/mol. The van der Waals surface area contributed by atoms with Gasteiger partial charge in [-0.3, -0.25) is 10.4 Å². The minimum absolute atomic E-state index is 0.0474. The molecule has 5 heterocycles. The van der Waals surface area contributed by atoms with Crippen LogP contribution < -0.4 is 20.4 Å². The second-order valence-electron chi connectivity index (χ2n) is 13.4. The molecule has 0 atom stereocenters. The summed E-state index contributed by atoms with van der Waals surface area (Å²) in [5.41, 5.74) is 6.82. The summed E-state index contributed by atoms with van der Waals surface area (Å²) in [6, 6.07) is 6.28. The Labute approximate surface area is 254 Å². The lowest BCUT2D eigenvalue weighted by molar-refractivity contribution is 0.152. The Morgan fingerprint density at radius 2 is 1.86 bits per heavy atom. The molecule has 0 radical (unpaired) electrons. The quantitative estimate of drug-likeness (QED) is 0.292. The Balaban J connectivity index is 1.25. The minimum Gasteiger partial charge on any atom is -0.385 e. The average molecular weight is 590 g/mol. The number of amidine groups is 1. The van der Waals surface area contributed by atoms with Gasteiger partial charge in [-0.05, 0) is 88.0 Å². The molecule has 1 aliphatic carbocycles. The number of piperidine rings is 1. The van der Waals surface area contributed by atoms with Crippen molar-refractivity contribution in [3.63, 3.8) is 0 Å². The van der Waals surface area contributed by atoms with E-state index in [-0.39, 0.29) is 11.0 Å². The van der Waals surface area contributed by atoms with Crippen LogP contribution in [0.15, 0.2) is 41.9 Å². The highest BCUT2D eigenvalue weighted by molar-refractivity contribution is 6.09. The predicted octanol–water partition coefficient (Wildman–Crippen LogP) is 6.03. The molecule has 230 valence electrons. The normalized spacial score (nSPS) is 22.7. The topological polar surface area (TPSA) is 70.5 Å². The lowest BCUT2D eigenvalue weighted by Crippen LogP contribution is -2.44. The van der Waals surface area contributed by atoms with E-state index in [1.807, 2.05) is 23.4 Å². The van der Waals surface area contributed by atoms with Gasteiger partial charge in [0, 0.05) is 72.8 Å². The fraction of sp³-hybridized carbons (Fsp3) is 0.588. The van der Waals surface area contributed by atoms with E-state index in [9.17, 15) is 14.2 Å². The van der Waals surface area contributed by atoms with Crippen LogP contribution in [0.25, 0.3) is 0 Å². The monoisotopic (exact) mass is 589 g/mol. The molecule has 9 heteroatoms. The van der Waals surface area contributed by atoms with Gasteiger partial charge in [-0.2, -0.15) is 0 Å². The first-order valence-electron chi connectivity index (χ1n) is 16.3. The van der Waals surface area contributed by atoms with E-state index < -0.39 is 6.43 Å². The molecule has 1 aromatic heterocycles. The maximum atomic E-state index is 15.0. The fourth-order valence-corrected chi connectivity index (χ4v) is 8.28. The van der Waals surface area contributed by atoms with Crippen LogP contribution in [0.1, 0.15) is 80.9 Å². The smallest absolute Gasteiger partial charge is 0.265 e.